The first kappa shape index (κ1) is 30.8. The minimum Gasteiger partial charge on any atom is -0.445 e. The molecule has 2 amide bonds. The van der Waals surface area contributed by atoms with Gasteiger partial charge in [-0.25, -0.2) is 4.79 Å². The lowest BCUT2D eigenvalue weighted by Crippen LogP contribution is -2.48. The Balaban J connectivity index is 1.20. The Morgan fingerprint density at radius 2 is 1.51 bits per heavy atom. The van der Waals surface area contributed by atoms with E-state index in [2.05, 4.69) is 42.2 Å². The molecule has 1 aliphatic heterocycles. The molecule has 0 bridgehead atoms. The largest absolute Gasteiger partial charge is 0.445 e. The number of likely N-dealkylation sites (tertiary alicyclic amines) is 1. The topological polar surface area (TPSA) is 53.1 Å². The predicted molar refractivity (Wildman–Crippen MR) is 172 cm³/mol. The monoisotopic (exact) mass is 581 g/mol. The number of hydrogen-bond acceptors (Lipinski definition) is 4. The summed E-state index contributed by atoms with van der Waals surface area (Å²) in [6.45, 7) is 8.15. The summed E-state index contributed by atoms with van der Waals surface area (Å²) in [6, 6.07) is 29.1. The van der Waals surface area contributed by atoms with Crippen molar-refractivity contribution in [2.24, 2.45) is 5.92 Å². The van der Waals surface area contributed by atoms with Crippen LogP contribution in [0.3, 0.4) is 0 Å². The molecule has 1 saturated heterocycles. The van der Waals surface area contributed by atoms with Crippen molar-refractivity contribution in [1.82, 2.24) is 14.7 Å². The number of benzene rings is 3. The highest BCUT2D eigenvalue weighted by Crippen LogP contribution is 2.42. The van der Waals surface area contributed by atoms with E-state index in [0.717, 1.165) is 75.0 Å². The number of hydrogen-bond donors (Lipinski definition) is 0. The standard InChI is InChI=1S/C37H47N3O3/c1-4-21-40(37(42)43-27-29-11-7-5-8-12-29)33-19-22-39(23-20-33)26-32-24-34(25-35(32)30-13-9-6-10-14-30)38(3)36(41)31-17-15-28(2)16-18-31/h5-18,32-35H,4,19-27H2,1-3H3. The third-order valence-corrected chi connectivity index (χ3v) is 9.46. The van der Waals surface area contributed by atoms with E-state index in [-0.39, 0.29) is 24.1 Å². The zero-order valence-electron chi connectivity index (χ0n) is 26.0. The van der Waals surface area contributed by atoms with Crippen LogP contribution in [0.1, 0.15) is 72.0 Å². The molecule has 1 heterocycles. The van der Waals surface area contributed by atoms with Gasteiger partial charge >= 0.3 is 6.09 Å². The molecule has 2 fully saturated rings. The number of nitrogens with zero attached hydrogens (tertiary/aromatic N) is 3. The van der Waals surface area contributed by atoms with Gasteiger partial charge in [-0.3, -0.25) is 4.79 Å². The Labute approximate surface area is 257 Å². The Kier molecular flexibility index (Phi) is 10.5. The van der Waals surface area contributed by atoms with Gasteiger partial charge in [-0.2, -0.15) is 0 Å². The van der Waals surface area contributed by atoms with E-state index in [1.807, 2.05) is 78.4 Å². The van der Waals surface area contributed by atoms with E-state index >= 15 is 0 Å². The normalized spacial score (nSPS) is 21.0. The van der Waals surface area contributed by atoms with Crippen LogP contribution >= 0.6 is 0 Å². The molecule has 228 valence electrons. The van der Waals surface area contributed by atoms with Gasteiger partial charge in [0.25, 0.3) is 5.91 Å². The summed E-state index contributed by atoms with van der Waals surface area (Å²) in [5.41, 5.74) is 4.30. The molecule has 3 atom stereocenters. The lowest BCUT2D eigenvalue weighted by atomic mass is 9.88. The van der Waals surface area contributed by atoms with Gasteiger partial charge < -0.3 is 19.4 Å². The van der Waals surface area contributed by atoms with Gasteiger partial charge in [-0.05, 0) is 74.1 Å². The summed E-state index contributed by atoms with van der Waals surface area (Å²) >= 11 is 0. The van der Waals surface area contributed by atoms with Crippen LogP contribution in [0, 0.1) is 12.8 Å². The third-order valence-electron chi connectivity index (χ3n) is 9.46. The summed E-state index contributed by atoms with van der Waals surface area (Å²) in [7, 11) is 1.97. The third kappa shape index (κ3) is 7.85. The molecule has 2 aliphatic rings. The van der Waals surface area contributed by atoms with E-state index in [1.54, 1.807) is 0 Å². The van der Waals surface area contributed by atoms with Crippen LogP contribution in [0.2, 0.25) is 0 Å². The fraction of sp³-hybridized carbons (Fsp3) is 0.459. The Morgan fingerprint density at radius 1 is 0.860 bits per heavy atom. The maximum absolute atomic E-state index is 13.4. The number of piperidine rings is 1. The van der Waals surface area contributed by atoms with Crippen LogP contribution < -0.4 is 0 Å². The van der Waals surface area contributed by atoms with Crippen molar-refractivity contribution in [1.29, 1.82) is 0 Å². The minimum atomic E-state index is -0.201. The van der Waals surface area contributed by atoms with Gasteiger partial charge in [0.15, 0.2) is 0 Å². The number of rotatable bonds is 10. The van der Waals surface area contributed by atoms with Crippen molar-refractivity contribution in [3.8, 4) is 0 Å². The number of carbonyl (C=O) groups excluding carboxylic acids is 2. The summed E-state index contributed by atoms with van der Waals surface area (Å²) in [6.07, 6.45) is 4.61. The molecule has 0 radical (unpaired) electrons. The quantitative estimate of drug-likeness (QED) is 0.255. The molecular weight excluding hydrogens is 534 g/mol. The number of aryl methyl sites for hydroxylation is 1. The van der Waals surface area contributed by atoms with E-state index in [1.165, 1.54) is 5.56 Å². The Bertz CT molecular complexity index is 1310. The molecule has 6 nitrogen and oxygen atoms in total. The second-order valence-electron chi connectivity index (χ2n) is 12.4. The van der Waals surface area contributed by atoms with E-state index in [0.29, 0.717) is 18.4 Å². The second-order valence-corrected chi connectivity index (χ2v) is 12.4. The maximum atomic E-state index is 13.4. The number of amides is 2. The summed E-state index contributed by atoms with van der Waals surface area (Å²) in [5, 5.41) is 0. The summed E-state index contributed by atoms with van der Waals surface area (Å²) in [5.74, 6) is 0.995. The zero-order valence-corrected chi connectivity index (χ0v) is 26.0. The molecule has 5 rings (SSSR count). The lowest BCUT2D eigenvalue weighted by molar-refractivity contribution is 0.0572. The van der Waals surface area contributed by atoms with Gasteiger partial charge in [0.1, 0.15) is 6.61 Å². The van der Waals surface area contributed by atoms with Gasteiger partial charge in [0.2, 0.25) is 0 Å². The highest BCUT2D eigenvalue weighted by molar-refractivity contribution is 5.94. The van der Waals surface area contributed by atoms with Crippen molar-refractivity contribution < 1.29 is 14.3 Å². The first-order valence-corrected chi connectivity index (χ1v) is 16.0. The first-order valence-electron chi connectivity index (χ1n) is 16.0. The van der Waals surface area contributed by atoms with Crippen molar-refractivity contribution in [2.45, 2.75) is 70.6 Å². The van der Waals surface area contributed by atoms with Crippen LogP contribution in [-0.4, -0.2) is 72.0 Å². The first-order chi connectivity index (χ1) is 20.9. The van der Waals surface area contributed by atoms with Gasteiger partial charge in [0.05, 0.1) is 0 Å². The molecule has 0 N–H and O–H groups in total. The Hall–Kier alpha value is -3.64. The van der Waals surface area contributed by atoms with E-state index < -0.39 is 0 Å². The molecule has 1 aliphatic carbocycles. The maximum Gasteiger partial charge on any atom is 0.410 e. The van der Waals surface area contributed by atoms with Crippen molar-refractivity contribution in [3.63, 3.8) is 0 Å². The number of ether oxygens (including phenoxy) is 1. The van der Waals surface area contributed by atoms with Crippen molar-refractivity contribution in [3.05, 3.63) is 107 Å². The Morgan fingerprint density at radius 3 is 2.16 bits per heavy atom. The lowest BCUT2D eigenvalue weighted by Gasteiger charge is -2.39. The van der Waals surface area contributed by atoms with Crippen molar-refractivity contribution in [2.75, 3.05) is 33.2 Å². The molecule has 6 heteroatoms. The van der Waals surface area contributed by atoms with Crippen LogP contribution in [0.5, 0.6) is 0 Å². The van der Waals surface area contributed by atoms with Gasteiger partial charge in [-0.15, -0.1) is 0 Å². The average Bonchev–Trinajstić information content (AvgIpc) is 3.47. The molecule has 0 spiro atoms. The number of carbonyl (C=O) groups is 2. The van der Waals surface area contributed by atoms with Crippen LogP contribution in [0.4, 0.5) is 4.79 Å². The molecule has 43 heavy (non-hydrogen) atoms. The minimum absolute atomic E-state index is 0.105. The van der Waals surface area contributed by atoms with E-state index in [4.69, 9.17) is 4.74 Å². The zero-order chi connectivity index (χ0) is 30.2. The fourth-order valence-corrected chi connectivity index (χ4v) is 7.00. The van der Waals surface area contributed by atoms with E-state index in [9.17, 15) is 9.59 Å². The van der Waals surface area contributed by atoms with Crippen LogP contribution in [0.25, 0.3) is 0 Å². The summed E-state index contributed by atoms with van der Waals surface area (Å²) in [4.78, 5) is 33.0. The smallest absolute Gasteiger partial charge is 0.410 e. The molecule has 1 saturated carbocycles. The molecule has 3 unspecified atom stereocenters. The van der Waals surface area contributed by atoms with Crippen LogP contribution in [-0.2, 0) is 11.3 Å². The SMILES string of the molecule is CCCN(C(=O)OCc1ccccc1)C1CCN(CC2CC(N(C)C(=O)c3ccc(C)cc3)CC2c2ccccc2)CC1. The molecule has 0 aromatic heterocycles. The van der Waals surface area contributed by atoms with Crippen LogP contribution in [0.15, 0.2) is 84.9 Å². The highest BCUT2D eigenvalue weighted by atomic mass is 16.6. The highest BCUT2D eigenvalue weighted by Gasteiger charge is 2.40. The average molecular weight is 582 g/mol. The van der Waals surface area contributed by atoms with Crippen molar-refractivity contribution >= 4 is 12.0 Å². The fourth-order valence-electron chi connectivity index (χ4n) is 7.00. The van der Waals surface area contributed by atoms with Gasteiger partial charge in [0, 0.05) is 50.9 Å². The summed E-state index contributed by atoms with van der Waals surface area (Å²) < 4.78 is 5.73. The second kappa shape index (κ2) is 14.7. The predicted octanol–water partition coefficient (Wildman–Crippen LogP) is 7.14. The molecule has 3 aromatic rings. The molecule has 3 aromatic carbocycles. The van der Waals surface area contributed by atoms with Gasteiger partial charge in [-0.1, -0.05) is 85.3 Å². The molecular formula is C37H47N3O3.